The molecule has 0 radical (unpaired) electrons. The first kappa shape index (κ1) is 22.0. The quantitative estimate of drug-likeness (QED) is 0.554. The number of likely N-dealkylation sites (tertiary alicyclic amines) is 1. The standard InChI is InChI=1S/C25H24ClN3O3/c1-32-25(31)19-12-13-29(16-19)15-17-10-11-22(27-14-17)28-24(30)21-9-5-8-20(23(21)26)18-6-3-2-4-7-18/h2-11,14,19H,12-13,15-16H2,1H3,(H,27,28,30)/t19-/m0/s1. The Kier molecular flexibility index (Phi) is 6.83. The van der Waals surface area contributed by atoms with Crippen molar-refractivity contribution in [1.82, 2.24) is 9.88 Å². The van der Waals surface area contributed by atoms with E-state index in [9.17, 15) is 9.59 Å². The summed E-state index contributed by atoms with van der Waals surface area (Å²) in [5.74, 6) is -0.0797. The molecular weight excluding hydrogens is 426 g/mol. The number of halogens is 1. The number of anilines is 1. The van der Waals surface area contributed by atoms with Crippen LogP contribution in [0.4, 0.5) is 5.82 Å². The van der Waals surface area contributed by atoms with Gasteiger partial charge in [-0.05, 0) is 36.2 Å². The molecule has 0 aliphatic carbocycles. The molecular formula is C25H24ClN3O3. The van der Waals surface area contributed by atoms with Gasteiger partial charge in [0.15, 0.2) is 0 Å². The van der Waals surface area contributed by atoms with Gasteiger partial charge in [0.05, 0.1) is 23.6 Å². The Hall–Kier alpha value is -3.22. The average Bonchev–Trinajstić information content (AvgIpc) is 3.29. The summed E-state index contributed by atoms with van der Waals surface area (Å²) in [6, 6.07) is 18.8. The van der Waals surface area contributed by atoms with Crippen LogP contribution in [-0.2, 0) is 16.1 Å². The van der Waals surface area contributed by atoms with E-state index in [1.54, 1.807) is 18.3 Å². The number of benzene rings is 2. The Labute approximate surface area is 192 Å². The molecule has 1 amide bonds. The van der Waals surface area contributed by atoms with Gasteiger partial charge in [-0.3, -0.25) is 14.5 Å². The SMILES string of the molecule is COC(=O)[C@H]1CCN(Cc2ccc(NC(=O)c3cccc(-c4ccccc4)c3Cl)nc2)C1. The monoisotopic (exact) mass is 449 g/mol. The third-order valence-electron chi connectivity index (χ3n) is 5.61. The summed E-state index contributed by atoms with van der Waals surface area (Å²) in [5.41, 5.74) is 3.16. The molecule has 1 N–H and O–H groups in total. The molecule has 1 fully saturated rings. The highest BCUT2D eigenvalue weighted by Crippen LogP contribution is 2.31. The number of nitrogens with zero attached hydrogens (tertiary/aromatic N) is 2. The molecule has 3 aromatic rings. The highest BCUT2D eigenvalue weighted by molar-refractivity contribution is 6.37. The average molecular weight is 450 g/mol. The van der Waals surface area contributed by atoms with Crippen molar-refractivity contribution in [3.63, 3.8) is 0 Å². The van der Waals surface area contributed by atoms with E-state index in [1.807, 2.05) is 48.5 Å². The molecule has 1 aliphatic heterocycles. The fourth-order valence-electron chi connectivity index (χ4n) is 3.92. The molecule has 2 heterocycles. The van der Waals surface area contributed by atoms with Crippen molar-refractivity contribution in [2.45, 2.75) is 13.0 Å². The van der Waals surface area contributed by atoms with Gasteiger partial charge >= 0.3 is 5.97 Å². The summed E-state index contributed by atoms with van der Waals surface area (Å²) in [4.78, 5) is 31.1. The second-order valence-electron chi connectivity index (χ2n) is 7.78. The number of hydrogen-bond acceptors (Lipinski definition) is 5. The van der Waals surface area contributed by atoms with E-state index in [1.165, 1.54) is 7.11 Å². The topological polar surface area (TPSA) is 71.5 Å². The maximum absolute atomic E-state index is 12.8. The summed E-state index contributed by atoms with van der Waals surface area (Å²) in [6.07, 6.45) is 2.54. The van der Waals surface area contributed by atoms with Crippen LogP contribution in [0.25, 0.3) is 11.1 Å². The summed E-state index contributed by atoms with van der Waals surface area (Å²) < 4.78 is 4.84. The second kappa shape index (κ2) is 9.94. The minimum Gasteiger partial charge on any atom is -0.469 e. The fraction of sp³-hybridized carbons (Fsp3) is 0.240. The molecule has 1 aliphatic rings. The molecule has 32 heavy (non-hydrogen) atoms. The molecule has 4 rings (SSSR count). The number of hydrogen-bond donors (Lipinski definition) is 1. The first-order valence-corrected chi connectivity index (χ1v) is 10.8. The number of nitrogens with one attached hydrogen (secondary N) is 1. The number of amides is 1. The van der Waals surface area contributed by atoms with E-state index in [2.05, 4.69) is 15.2 Å². The van der Waals surface area contributed by atoms with Crippen molar-refractivity contribution in [2.75, 3.05) is 25.5 Å². The number of carbonyl (C=O) groups is 2. The van der Waals surface area contributed by atoms with Crippen LogP contribution in [0.3, 0.4) is 0 Å². The van der Waals surface area contributed by atoms with Crippen molar-refractivity contribution in [1.29, 1.82) is 0 Å². The number of pyridine rings is 1. The molecule has 0 bridgehead atoms. The Morgan fingerprint density at radius 1 is 1.12 bits per heavy atom. The summed E-state index contributed by atoms with van der Waals surface area (Å²) in [6.45, 7) is 2.22. The van der Waals surface area contributed by atoms with Gasteiger partial charge in [0.25, 0.3) is 5.91 Å². The van der Waals surface area contributed by atoms with Gasteiger partial charge in [0.1, 0.15) is 5.82 Å². The van der Waals surface area contributed by atoms with Crippen LogP contribution < -0.4 is 5.32 Å². The third kappa shape index (κ3) is 4.98. The molecule has 0 unspecified atom stereocenters. The summed E-state index contributed by atoms with van der Waals surface area (Å²) >= 11 is 6.55. The number of methoxy groups -OCH3 is 1. The molecule has 2 aromatic carbocycles. The Bertz CT molecular complexity index is 1100. The molecule has 1 aromatic heterocycles. The predicted octanol–water partition coefficient (Wildman–Crippen LogP) is 4.65. The third-order valence-corrected chi connectivity index (χ3v) is 6.01. The lowest BCUT2D eigenvalue weighted by Gasteiger charge is -2.15. The van der Waals surface area contributed by atoms with Crippen molar-refractivity contribution < 1.29 is 14.3 Å². The molecule has 1 atom stereocenters. The molecule has 164 valence electrons. The Balaban J connectivity index is 1.40. The van der Waals surface area contributed by atoms with Gasteiger partial charge in [0.2, 0.25) is 0 Å². The maximum atomic E-state index is 12.8. The van der Waals surface area contributed by atoms with Gasteiger partial charge < -0.3 is 10.1 Å². The van der Waals surface area contributed by atoms with Crippen LogP contribution in [0.5, 0.6) is 0 Å². The van der Waals surface area contributed by atoms with Crippen LogP contribution in [0, 0.1) is 5.92 Å². The van der Waals surface area contributed by atoms with E-state index in [0.29, 0.717) is 29.5 Å². The van der Waals surface area contributed by atoms with Crippen molar-refractivity contribution in [2.24, 2.45) is 5.92 Å². The molecule has 6 nitrogen and oxygen atoms in total. The number of rotatable bonds is 6. The van der Waals surface area contributed by atoms with Crippen LogP contribution in [0.15, 0.2) is 66.9 Å². The second-order valence-corrected chi connectivity index (χ2v) is 8.16. The van der Waals surface area contributed by atoms with Crippen LogP contribution in [-0.4, -0.2) is 42.0 Å². The largest absolute Gasteiger partial charge is 0.469 e. The smallest absolute Gasteiger partial charge is 0.310 e. The Morgan fingerprint density at radius 2 is 1.94 bits per heavy atom. The minimum absolute atomic E-state index is 0.0667. The van der Waals surface area contributed by atoms with Crippen molar-refractivity contribution in [3.05, 3.63) is 83.0 Å². The zero-order chi connectivity index (χ0) is 22.5. The highest BCUT2D eigenvalue weighted by Gasteiger charge is 2.28. The van der Waals surface area contributed by atoms with E-state index >= 15 is 0 Å². The number of carbonyl (C=O) groups excluding carboxylic acids is 2. The van der Waals surface area contributed by atoms with Crippen LogP contribution >= 0.6 is 11.6 Å². The lowest BCUT2D eigenvalue weighted by atomic mass is 10.0. The zero-order valence-electron chi connectivity index (χ0n) is 17.8. The van der Waals surface area contributed by atoms with E-state index in [-0.39, 0.29) is 17.8 Å². The molecule has 0 saturated carbocycles. The van der Waals surface area contributed by atoms with E-state index in [0.717, 1.165) is 29.7 Å². The normalized spacial score (nSPS) is 16.0. The lowest BCUT2D eigenvalue weighted by molar-refractivity contribution is -0.144. The highest BCUT2D eigenvalue weighted by atomic mass is 35.5. The lowest BCUT2D eigenvalue weighted by Crippen LogP contribution is -2.23. The Morgan fingerprint density at radius 3 is 2.66 bits per heavy atom. The first-order chi connectivity index (χ1) is 15.5. The van der Waals surface area contributed by atoms with Gasteiger partial charge in [-0.1, -0.05) is 60.1 Å². The van der Waals surface area contributed by atoms with Gasteiger partial charge in [0, 0.05) is 24.8 Å². The van der Waals surface area contributed by atoms with Gasteiger partial charge in [-0.25, -0.2) is 4.98 Å². The van der Waals surface area contributed by atoms with Crippen molar-refractivity contribution >= 4 is 29.3 Å². The summed E-state index contributed by atoms with van der Waals surface area (Å²) in [7, 11) is 1.42. The van der Waals surface area contributed by atoms with Crippen LogP contribution in [0.1, 0.15) is 22.3 Å². The van der Waals surface area contributed by atoms with E-state index in [4.69, 9.17) is 16.3 Å². The van der Waals surface area contributed by atoms with E-state index < -0.39 is 0 Å². The molecule has 7 heteroatoms. The predicted molar refractivity (Wildman–Crippen MR) is 124 cm³/mol. The zero-order valence-corrected chi connectivity index (χ0v) is 18.5. The number of esters is 1. The molecule has 0 spiro atoms. The summed E-state index contributed by atoms with van der Waals surface area (Å²) in [5, 5.41) is 3.22. The first-order valence-electron chi connectivity index (χ1n) is 10.5. The number of aromatic nitrogens is 1. The molecule has 1 saturated heterocycles. The minimum atomic E-state index is -0.312. The van der Waals surface area contributed by atoms with Crippen molar-refractivity contribution in [3.8, 4) is 11.1 Å². The van der Waals surface area contributed by atoms with Crippen LogP contribution in [0.2, 0.25) is 5.02 Å². The number of ether oxygens (including phenoxy) is 1. The fourth-order valence-corrected chi connectivity index (χ4v) is 4.24. The van der Waals surface area contributed by atoms with Gasteiger partial charge in [-0.15, -0.1) is 0 Å². The maximum Gasteiger partial charge on any atom is 0.310 e. The van der Waals surface area contributed by atoms with Gasteiger partial charge in [-0.2, -0.15) is 0 Å².